The molecule has 0 saturated heterocycles. The van der Waals surface area contributed by atoms with Crippen molar-refractivity contribution in [2.24, 2.45) is 0 Å². The van der Waals surface area contributed by atoms with Crippen LogP contribution in [0, 0.1) is 0 Å². The van der Waals surface area contributed by atoms with Gasteiger partial charge >= 0.3 is 59.1 Å². The van der Waals surface area contributed by atoms with Crippen molar-refractivity contribution in [3.8, 4) is 0 Å². The predicted octanol–water partition coefficient (Wildman–Crippen LogP) is -3.88. The Morgan fingerprint density at radius 1 is 1.56 bits per heavy atom. The molecule has 0 aliphatic carbocycles. The summed E-state index contributed by atoms with van der Waals surface area (Å²) in [5.74, 6) is 1.01. The van der Waals surface area contributed by atoms with Crippen LogP contribution in [0.3, 0.4) is 0 Å². The third-order valence-corrected chi connectivity index (χ3v) is 0.671. The second-order valence-electron chi connectivity index (χ2n) is 0.839. The first-order valence-corrected chi connectivity index (χ1v) is 2.67. The van der Waals surface area contributed by atoms with Crippen LogP contribution in [0.15, 0.2) is 0 Å². The van der Waals surface area contributed by atoms with E-state index in [2.05, 4.69) is 19.6 Å². The Morgan fingerprint density at radius 3 is 1.67 bits per heavy atom. The molecule has 0 unspecified atom stereocenters. The van der Waals surface area contributed by atoms with Gasteiger partial charge in [0.2, 0.25) is 0 Å². The molecule has 53 valence electrons. The molecule has 6 heteroatoms. The van der Waals surface area contributed by atoms with Crippen molar-refractivity contribution in [3.63, 3.8) is 0 Å². The van der Waals surface area contributed by atoms with Crippen LogP contribution in [0.5, 0.6) is 0 Å². The van der Waals surface area contributed by atoms with Crippen LogP contribution in [-0.4, -0.2) is 29.0 Å². The van der Waals surface area contributed by atoms with E-state index in [9.17, 15) is 0 Å². The van der Waals surface area contributed by atoms with Crippen LogP contribution in [0.2, 0.25) is 0 Å². The van der Waals surface area contributed by atoms with Crippen LogP contribution >= 0.6 is 12.6 Å². The van der Waals surface area contributed by atoms with Crippen molar-refractivity contribution in [2.75, 3.05) is 5.75 Å². The van der Waals surface area contributed by atoms with E-state index in [0.717, 1.165) is 5.75 Å². The first kappa shape index (κ1) is 22.4. The van der Waals surface area contributed by atoms with Crippen LogP contribution in [0.25, 0.3) is 0 Å². The van der Waals surface area contributed by atoms with E-state index in [4.69, 9.17) is 10.0 Å². The smallest absolute Gasteiger partial charge is 1.00 e. The Bertz CT molecular complexity index is 31.2. The second kappa shape index (κ2) is 32.6. The van der Waals surface area contributed by atoms with Crippen molar-refractivity contribution >= 4 is 20.3 Å². The maximum absolute atomic E-state index is 7.00. The summed E-state index contributed by atoms with van der Waals surface area (Å²) in [4.78, 5) is 0. The van der Waals surface area contributed by atoms with Gasteiger partial charge in [0.05, 0.1) is 0 Å². The number of rotatable bonds is 1. The van der Waals surface area contributed by atoms with Crippen molar-refractivity contribution in [1.29, 1.82) is 0 Å². The average molecular weight is 179 g/mol. The molecule has 0 bridgehead atoms. The minimum absolute atomic E-state index is 0. The van der Waals surface area contributed by atoms with Crippen LogP contribution in [0.4, 0.5) is 0 Å². The standard InChI is InChI=1S/C3H8S.BH2O2.K.H2O.H/c1-2-3-4;2-1-3;;;/h4H,2-3H2,1H3;2-3H;;1H2;/q;;+1;;-1. The monoisotopic (exact) mass is 179 g/mol. The van der Waals surface area contributed by atoms with Crippen LogP contribution < -0.4 is 51.4 Å². The maximum atomic E-state index is 7.00. The van der Waals surface area contributed by atoms with Crippen LogP contribution in [-0.2, 0) is 0 Å². The van der Waals surface area contributed by atoms with Gasteiger partial charge in [-0.1, -0.05) is 6.92 Å². The molecular weight excluding hydrogens is 166 g/mol. The predicted molar refractivity (Wildman–Crippen MR) is 39.1 cm³/mol. The van der Waals surface area contributed by atoms with E-state index >= 15 is 0 Å². The van der Waals surface area contributed by atoms with E-state index in [0.29, 0.717) is 0 Å². The third kappa shape index (κ3) is 72.7. The quantitative estimate of drug-likeness (QED) is 0.284. The molecule has 0 saturated carbocycles. The minimum atomic E-state index is 0. The van der Waals surface area contributed by atoms with Gasteiger partial charge in [0.1, 0.15) is 0 Å². The Morgan fingerprint density at radius 2 is 1.67 bits per heavy atom. The minimum Gasteiger partial charge on any atom is -1.00 e. The van der Waals surface area contributed by atoms with E-state index in [1.807, 2.05) is 0 Å². The molecule has 0 aromatic rings. The number of hydrogen-bond donors (Lipinski definition) is 3. The van der Waals surface area contributed by atoms with Crippen molar-refractivity contribution < 1.29 is 68.3 Å². The van der Waals surface area contributed by atoms with Gasteiger partial charge in [-0.25, -0.2) is 0 Å². The first-order chi connectivity index (χ1) is 3.33. The second-order valence-corrected chi connectivity index (χ2v) is 1.29. The molecule has 0 spiro atoms. The van der Waals surface area contributed by atoms with E-state index in [1.54, 1.807) is 0 Å². The summed E-state index contributed by atoms with van der Waals surface area (Å²) in [6, 6.07) is 0. The molecule has 0 aliphatic heterocycles. The van der Waals surface area contributed by atoms with Crippen molar-refractivity contribution in [3.05, 3.63) is 0 Å². The molecule has 0 fully saturated rings. The molecule has 0 aromatic heterocycles. The first-order valence-electron chi connectivity index (χ1n) is 2.04. The Balaban J connectivity index is -0.0000000131. The number of thiol groups is 1. The Labute approximate surface area is 106 Å². The molecule has 0 rings (SSSR count). The van der Waals surface area contributed by atoms with E-state index in [-0.39, 0.29) is 66.0 Å². The van der Waals surface area contributed by atoms with Gasteiger partial charge in [0, 0.05) is 0 Å². The van der Waals surface area contributed by atoms with Gasteiger partial charge in [-0.05, 0) is 12.2 Å². The molecule has 3 nitrogen and oxygen atoms in total. The molecule has 9 heavy (non-hydrogen) atoms. The largest absolute Gasteiger partial charge is 1.00 e. The normalized spacial score (nSPS) is 4.89. The van der Waals surface area contributed by atoms with Crippen molar-refractivity contribution in [1.82, 2.24) is 0 Å². The zero-order valence-corrected chi connectivity index (χ0v) is 9.85. The number of hydrogen-bond acceptors (Lipinski definition) is 3. The van der Waals surface area contributed by atoms with E-state index in [1.165, 1.54) is 6.42 Å². The van der Waals surface area contributed by atoms with Crippen LogP contribution in [0.1, 0.15) is 14.8 Å². The van der Waals surface area contributed by atoms with Gasteiger partial charge in [-0.15, -0.1) is 0 Å². The summed E-state index contributed by atoms with van der Waals surface area (Å²) in [6.45, 7) is 2.10. The zero-order chi connectivity index (χ0) is 6.12. The SMILES string of the molecule is CCCS.O.O[B]O.[H-].[K+]. The summed E-state index contributed by atoms with van der Waals surface area (Å²) in [7, 11) is 0. The zero-order valence-electron chi connectivity index (χ0n) is 6.83. The third-order valence-electron chi connectivity index (χ3n) is 0.224. The molecule has 0 amide bonds. The maximum Gasteiger partial charge on any atom is 1.00 e. The van der Waals surface area contributed by atoms with Gasteiger partial charge in [-0.2, -0.15) is 12.6 Å². The van der Waals surface area contributed by atoms with Gasteiger partial charge < -0.3 is 17.0 Å². The van der Waals surface area contributed by atoms with Gasteiger partial charge in [0.15, 0.2) is 0 Å². The molecule has 0 aliphatic rings. The fourth-order valence-electron chi connectivity index (χ4n) is 0. The fourth-order valence-corrected chi connectivity index (χ4v) is 0. The Hall–Kier alpha value is 1.93. The molecular formula is C3H13BKO3S. The fraction of sp³-hybridized carbons (Fsp3) is 1.00. The molecule has 0 atom stereocenters. The summed E-state index contributed by atoms with van der Waals surface area (Å²) in [6.07, 6.45) is 1.18. The average Bonchev–Trinajstić information content (AvgIpc) is 1.69. The Kier molecular flexibility index (Phi) is 81.2. The van der Waals surface area contributed by atoms with Gasteiger partial charge in [-0.3, -0.25) is 0 Å². The molecule has 1 radical (unpaired) electrons. The molecule has 4 N–H and O–H groups in total. The molecule has 0 heterocycles. The molecule has 0 aromatic carbocycles. The van der Waals surface area contributed by atoms with Crippen molar-refractivity contribution in [2.45, 2.75) is 13.3 Å². The van der Waals surface area contributed by atoms with Gasteiger partial charge in [0.25, 0.3) is 0 Å². The summed E-state index contributed by atoms with van der Waals surface area (Å²) >= 11 is 3.92. The van der Waals surface area contributed by atoms with E-state index < -0.39 is 0 Å². The summed E-state index contributed by atoms with van der Waals surface area (Å²) in [5, 5.41) is 14.0. The summed E-state index contributed by atoms with van der Waals surface area (Å²) < 4.78 is 0. The summed E-state index contributed by atoms with van der Waals surface area (Å²) in [5.41, 5.74) is 0. The topological polar surface area (TPSA) is 72.0 Å².